The molecule has 0 aliphatic carbocycles. The number of amides is 1. The van der Waals surface area contributed by atoms with Crippen LogP contribution in [0.1, 0.15) is 40.5 Å². The van der Waals surface area contributed by atoms with Crippen LogP contribution in [0.25, 0.3) is 10.9 Å². The molecule has 0 saturated carbocycles. The molecule has 4 heterocycles. The SMILES string of the molecule is O=C(c1ccc2cc[nH]c2c1)N1CCC[C@H](c2nccn2Cc2ccncc2)C1. The Bertz CT molecular complexity index is 1130. The molecule has 0 radical (unpaired) electrons. The topological polar surface area (TPSA) is 66.8 Å². The number of H-pyrrole nitrogens is 1. The van der Waals surface area contributed by atoms with Crippen LogP contribution in [-0.2, 0) is 6.54 Å². The maximum absolute atomic E-state index is 13.1. The number of imidazole rings is 1. The zero-order valence-electron chi connectivity index (χ0n) is 16.2. The summed E-state index contributed by atoms with van der Waals surface area (Å²) < 4.78 is 2.19. The van der Waals surface area contributed by atoms with Gasteiger partial charge in [0.05, 0.1) is 0 Å². The Balaban J connectivity index is 1.34. The van der Waals surface area contributed by atoms with Gasteiger partial charge in [-0.1, -0.05) is 6.07 Å². The van der Waals surface area contributed by atoms with Gasteiger partial charge in [0, 0.05) is 67.6 Å². The van der Waals surface area contributed by atoms with Crippen LogP contribution in [0.3, 0.4) is 0 Å². The first-order valence-corrected chi connectivity index (χ1v) is 10.0. The van der Waals surface area contributed by atoms with Crippen molar-refractivity contribution in [3.8, 4) is 0 Å². The zero-order valence-corrected chi connectivity index (χ0v) is 16.2. The fraction of sp³-hybridized carbons (Fsp3) is 0.261. The van der Waals surface area contributed by atoms with Crippen LogP contribution in [-0.4, -0.2) is 43.4 Å². The Morgan fingerprint density at radius 2 is 2.03 bits per heavy atom. The standard InChI is InChI=1S/C23H23N5O/c29-23(19-4-3-18-7-10-25-21(18)14-19)28-12-1-2-20(16-28)22-26-11-13-27(22)15-17-5-8-24-9-6-17/h3-11,13-14,20,25H,1-2,12,15-16H2/t20-/m0/s1. The summed E-state index contributed by atoms with van der Waals surface area (Å²) in [6.45, 7) is 2.27. The number of aromatic nitrogens is 4. The average Bonchev–Trinajstić information content (AvgIpc) is 3.43. The minimum Gasteiger partial charge on any atom is -0.361 e. The van der Waals surface area contributed by atoms with E-state index >= 15 is 0 Å². The summed E-state index contributed by atoms with van der Waals surface area (Å²) in [5.74, 6) is 1.40. The van der Waals surface area contributed by atoms with Gasteiger partial charge in [-0.15, -0.1) is 0 Å². The third kappa shape index (κ3) is 3.53. The molecule has 0 unspecified atom stereocenters. The molecule has 1 aromatic carbocycles. The van der Waals surface area contributed by atoms with Crippen molar-refractivity contribution in [3.05, 3.63) is 84.3 Å². The third-order valence-corrected chi connectivity index (χ3v) is 5.73. The van der Waals surface area contributed by atoms with Gasteiger partial charge in [0.2, 0.25) is 0 Å². The highest BCUT2D eigenvalue weighted by atomic mass is 16.2. The second kappa shape index (κ2) is 7.54. The van der Waals surface area contributed by atoms with Crippen molar-refractivity contribution in [1.82, 2.24) is 24.4 Å². The number of carbonyl (C=O) groups excluding carboxylic acids is 1. The number of benzene rings is 1. The molecule has 1 aliphatic heterocycles. The lowest BCUT2D eigenvalue weighted by Gasteiger charge is -2.33. The van der Waals surface area contributed by atoms with Crippen molar-refractivity contribution in [2.45, 2.75) is 25.3 Å². The Kier molecular flexibility index (Phi) is 4.60. The predicted octanol–water partition coefficient (Wildman–Crippen LogP) is 3.83. The molecule has 1 fully saturated rings. The Hall–Kier alpha value is -3.41. The van der Waals surface area contributed by atoms with Gasteiger partial charge >= 0.3 is 0 Å². The highest BCUT2D eigenvalue weighted by Crippen LogP contribution is 2.27. The van der Waals surface area contributed by atoms with E-state index in [2.05, 4.69) is 19.5 Å². The minimum absolute atomic E-state index is 0.0958. The second-order valence-corrected chi connectivity index (χ2v) is 7.64. The minimum atomic E-state index is 0.0958. The Labute approximate surface area is 169 Å². The monoisotopic (exact) mass is 385 g/mol. The summed E-state index contributed by atoms with van der Waals surface area (Å²) in [5.41, 5.74) is 2.93. The zero-order chi connectivity index (χ0) is 19.6. The van der Waals surface area contributed by atoms with Crippen molar-refractivity contribution in [3.63, 3.8) is 0 Å². The van der Waals surface area contributed by atoms with Gasteiger partial charge in [-0.2, -0.15) is 0 Å². The first-order chi connectivity index (χ1) is 14.3. The molecular weight excluding hydrogens is 362 g/mol. The molecule has 0 spiro atoms. The fourth-order valence-electron chi connectivity index (χ4n) is 4.24. The number of aromatic amines is 1. The number of hydrogen-bond acceptors (Lipinski definition) is 3. The smallest absolute Gasteiger partial charge is 0.253 e. The van der Waals surface area contributed by atoms with Gasteiger partial charge < -0.3 is 14.5 Å². The van der Waals surface area contributed by atoms with E-state index in [4.69, 9.17) is 0 Å². The van der Waals surface area contributed by atoms with Crippen LogP contribution in [0.15, 0.2) is 67.4 Å². The summed E-state index contributed by atoms with van der Waals surface area (Å²) in [7, 11) is 0. The normalized spacial score (nSPS) is 17.0. The highest BCUT2D eigenvalue weighted by molar-refractivity contribution is 5.98. The number of rotatable bonds is 4. The van der Waals surface area contributed by atoms with Crippen LogP contribution in [0.4, 0.5) is 0 Å². The molecule has 1 aliphatic rings. The van der Waals surface area contributed by atoms with E-state index < -0.39 is 0 Å². The van der Waals surface area contributed by atoms with Crippen molar-refractivity contribution in [2.75, 3.05) is 13.1 Å². The van der Waals surface area contributed by atoms with Gasteiger partial charge in [0.1, 0.15) is 5.82 Å². The van der Waals surface area contributed by atoms with Gasteiger partial charge in [0.25, 0.3) is 5.91 Å². The van der Waals surface area contributed by atoms with Crippen molar-refractivity contribution in [2.24, 2.45) is 0 Å². The van der Waals surface area contributed by atoms with Crippen molar-refractivity contribution in [1.29, 1.82) is 0 Å². The van der Waals surface area contributed by atoms with Gasteiger partial charge in [-0.3, -0.25) is 9.78 Å². The molecule has 1 saturated heterocycles. The summed E-state index contributed by atoms with van der Waals surface area (Å²) >= 11 is 0. The summed E-state index contributed by atoms with van der Waals surface area (Å²) in [6, 6.07) is 11.9. The molecule has 1 amide bonds. The number of hydrogen-bond donors (Lipinski definition) is 1. The maximum atomic E-state index is 13.1. The Morgan fingerprint density at radius 1 is 1.14 bits per heavy atom. The molecule has 1 atom stereocenters. The molecule has 0 bridgehead atoms. The number of nitrogens with zero attached hydrogens (tertiary/aromatic N) is 4. The average molecular weight is 385 g/mol. The van der Waals surface area contributed by atoms with E-state index in [1.807, 2.05) is 72.3 Å². The van der Waals surface area contributed by atoms with Crippen molar-refractivity contribution < 1.29 is 4.79 Å². The van der Waals surface area contributed by atoms with Gasteiger partial charge in [-0.25, -0.2) is 4.98 Å². The van der Waals surface area contributed by atoms with Crippen molar-refractivity contribution >= 4 is 16.8 Å². The van der Waals surface area contributed by atoms with E-state index in [9.17, 15) is 4.79 Å². The second-order valence-electron chi connectivity index (χ2n) is 7.64. The van der Waals surface area contributed by atoms with Crippen LogP contribution in [0, 0.1) is 0 Å². The molecule has 29 heavy (non-hydrogen) atoms. The number of carbonyl (C=O) groups is 1. The molecule has 5 rings (SSSR count). The van der Waals surface area contributed by atoms with Crippen LogP contribution < -0.4 is 0 Å². The third-order valence-electron chi connectivity index (χ3n) is 5.73. The molecule has 6 heteroatoms. The number of fused-ring (bicyclic) bond motifs is 1. The molecule has 1 N–H and O–H groups in total. The fourth-order valence-corrected chi connectivity index (χ4v) is 4.24. The molecule has 146 valence electrons. The lowest BCUT2D eigenvalue weighted by atomic mass is 9.96. The van der Waals surface area contributed by atoms with Crippen LogP contribution in [0.5, 0.6) is 0 Å². The lowest BCUT2D eigenvalue weighted by molar-refractivity contribution is 0.0703. The first-order valence-electron chi connectivity index (χ1n) is 10.0. The maximum Gasteiger partial charge on any atom is 0.253 e. The van der Waals surface area contributed by atoms with E-state index in [1.165, 1.54) is 5.56 Å². The highest BCUT2D eigenvalue weighted by Gasteiger charge is 2.28. The van der Waals surface area contributed by atoms with E-state index in [0.717, 1.165) is 48.2 Å². The quantitative estimate of drug-likeness (QED) is 0.581. The summed E-state index contributed by atoms with van der Waals surface area (Å²) in [6.07, 6.45) is 11.4. The summed E-state index contributed by atoms with van der Waals surface area (Å²) in [5, 5.41) is 1.12. The van der Waals surface area contributed by atoms with E-state index in [0.29, 0.717) is 6.54 Å². The number of nitrogens with one attached hydrogen (secondary N) is 1. The number of piperidine rings is 1. The summed E-state index contributed by atoms with van der Waals surface area (Å²) in [4.78, 5) is 27.0. The molecule has 4 aromatic rings. The molecule has 3 aromatic heterocycles. The largest absolute Gasteiger partial charge is 0.361 e. The Morgan fingerprint density at radius 3 is 2.93 bits per heavy atom. The van der Waals surface area contributed by atoms with Crippen LogP contribution in [0.2, 0.25) is 0 Å². The number of likely N-dealkylation sites (tertiary alicyclic amines) is 1. The van der Waals surface area contributed by atoms with Gasteiger partial charge in [0.15, 0.2) is 0 Å². The molecule has 6 nitrogen and oxygen atoms in total. The first kappa shape index (κ1) is 17.7. The molecular formula is C23H23N5O. The lowest BCUT2D eigenvalue weighted by Crippen LogP contribution is -2.39. The van der Waals surface area contributed by atoms with E-state index in [-0.39, 0.29) is 11.8 Å². The van der Waals surface area contributed by atoms with Gasteiger partial charge in [-0.05, 0) is 54.1 Å². The predicted molar refractivity (Wildman–Crippen MR) is 112 cm³/mol. The number of pyridine rings is 1. The van der Waals surface area contributed by atoms with E-state index in [1.54, 1.807) is 0 Å². The van der Waals surface area contributed by atoms with Crippen LogP contribution >= 0.6 is 0 Å².